The van der Waals surface area contributed by atoms with E-state index in [4.69, 9.17) is 9.72 Å². The van der Waals surface area contributed by atoms with E-state index in [0.29, 0.717) is 17.1 Å². The van der Waals surface area contributed by atoms with Crippen LogP contribution in [0.3, 0.4) is 0 Å². The third kappa shape index (κ3) is 5.79. The van der Waals surface area contributed by atoms with Gasteiger partial charge in [0.1, 0.15) is 17.3 Å². The largest absolute Gasteiger partial charge is 0.497 e. The third-order valence-electron chi connectivity index (χ3n) is 6.22. The summed E-state index contributed by atoms with van der Waals surface area (Å²) in [5.41, 5.74) is 4.92. The Labute approximate surface area is 231 Å². The highest BCUT2D eigenvalue weighted by molar-refractivity contribution is 7.92. The monoisotopic (exact) mass is 557 g/mol. The maximum absolute atomic E-state index is 13.6. The number of rotatable bonds is 8. The van der Waals surface area contributed by atoms with E-state index in [1.165, 1.54) is 12.7 Å². The van der Waals surface area contributed by atoms with Gasteiger partial charge in [-0.25, -0.2) is 13.4 Å². The van der Waals surface area contributed by atoms with Crippen molar-refractivity contribution >= 4 is 48.9 Å². The topological polar surface area (TPSA) is 88.6 Å². The van der Waals surface area contributed by atoms with Crippen LogP contribution in [0.5, 0.6) is 5.75 Å². The molecule has 0 atom stereocenters. The average Bonchev–Trinajstić information content (AvgIpc) is 3.35. The van der Waals surface area contributed by atoms with Crippen molar-refractivity contribution in [2.24, 2.45) is 0 Å². The van der Waals surface area contributed by atoms with Crippen LogP contribution in [0, 0.1) is 13.8 Å². The number of hydrogen-bond acceptors (Lipinski definition) is 6. The Balaban J connectivity index is 1.36. The fourth-order valence-corrected chi connectivity index (χ4v) is 6.57. The molecule has 4 aromatic carbocycles. The molecule has 9 heteroatoms. The van der Waals surface area contributed by atoms with Gasteiger partial charge in [-0.15, -0.1) is 11.3 Å². The van der Waals surface area contributed by atoms with E-state index in [-0.39, 0.29) is 4.90 Å². The number of aromatic nitrogens is 1. The summed E-state index contributed by atoms with van der Waals surface area (Å²) in [6.45, 7) is 3.54. The Hall–Kier alpha value is -4.21. The predicted molar refractivity (Wildman–Crippen MR) is 157 cm³/mol. The summed E-state index contributed by atoms with van der Waals surface area (Å²) in [6.07, 6.45) is 0. The van der Waals surface area contributed by atoms with E-state index in [0.717, 1.165) is 30.7 Å². The third-order valence-corrected chi connectivity index (χ3v) is 9.07. The first-order valence-electron chi connectivity index (χ1n) is 12.2. The van der Waals surface area contributed by atoms with Crippen molar-refractivity contribution in [3.8, 4) is 16.3 Å². The van der Waals surface area contributed by atoms with Gasteiger partial charge < -0.3 is 10.1 Å². The molecule has 0 saturated carbocycles. The Morgan fingerprint density at radius 2 is 1.56 bits per heavy atom. The minimum atomic E-state index is -4.01. The van der Waals surface area contributed by atoms with Gasteiger partial charge in [0, 0.05) is 11.3 Å². The molecule has 0 saturated heterocycles. The lowest BCUT2D eigenvalue weighted by atomic mass is 10.2. The molecular weight excluding hydrogens is 530 g/mol. The van der Waals surface area contributed by atoms with Gasteiger partial charge in [-0.05, 0) is 92.2 Å². The van der Waals surface area contributed by atoms with E-state index in [2.05, 4.69) is 18.3 Å². The Morgan fingerprint density at radius 3 is 2.23 bits per heavy atom. The number of fused-ring (bicyclic) bond motifs is 1. The van der Waals surface area contributed by atoms with Crippen molar-refractivity contribution in [2.45, 2.75) is 18.7 Å². The normalized spacial score (nSPS) is 11.4. The van der Waals surface area contributed by atoms with Crippen LogP contribution in [0.2, 0.25) is 0 Å². The number of methoxy groups -OCH3 is 1. The molecule has 1 heterocycles. The molecule has 5 rings (SSSR count). The molecule has 7 nitrogen and oxygen atoms in total. The van der Waals surface area contributed by atoms with Crippen molar-refractivity contribution < 1.29 is 17.9 Å². The van der Waals surface area contributed by atoms with Crippen molar-refractivity contribution in [1.29, 1.82) is 0 Å². The van der Waals surface area contributed by atoms with E-state index < -0.39 is 22.5 Å². The number of sulfonamides is 1. The lowest BCUT2D eigenvalue weighted by Gasteiger charge is -2.24. The van der Waals surface area contributed by atoms with Crippen LogP contribution in [-0.4, -0.2) is 33.0 Å². The molecule has 1 aromatic heterocycles. The molecule has 0 bridgehead atoms. The second-order valence-electron chi connectivity index (χ2n) is 9.14. The molecule has 0 fully saturated rings. The van der Waals surface area contributed by atoms with Crippen LogP contribution in [0.25, 0.3) is 20.8 Å². The number of nitrogens with one attached hydrogen (secondary N) is 1. The number of amides is 1. The van der Waals surface area contributed by atoms with E-state index in [1.54, 1.807) is 72.0 Å². The van der Waals surface area contributed by atoms with Gasteiger partial charge in [-0.3, -0.25) is 9.10 Å². The fourth-order valence-electron chi connectivity index (χ4n) is 4.08. The number of ether oxygens (including phenoxy) is 1. The highest BCUT2D eigenvalue weighted by atomic mass is 32.2. The van der Waals surface area contributed by atoms with Gasteiger partial charge in [-0.2, -0.15) is 0 Å². The lowest BCUT2D eigenvalue weighted by molar-refractivity contribution is -0.114. The first-order chi connectivity index (χ1) is 18.7. The van der Waals surface area contributed by atoms with E-state index in [1.807, 2.05) is 31.2 Å². The minimum absolute atomic E-state index is 0.104. The average molecular weight is 558 g/mol. The van der Waals surface area contributed by atoms with Gasteiger partial charge in [0.05, 0.1) is 27.9 Å². The number of nitrogens with zero attached hydrogens (tertiary/aromatic N) is 2. The molecule has 0 aliphatic rings. The second kappa shape index (κ2) is 10.9. The summed E-state index contributed by atoms with van der Waals surface area (Å²) in [7, 11) is -2.48. The number of thiazole rings is 1. The van der Waals surface area contributed by atoms with Gasteiger partial charge in [0.2, 0.25) is 5.91 Å². The molecule has 39 heavy (non-hydrogen) atoms. The zero-order chi connectivity index (χ0) is 27.6. The molecule has 0 unspecified atom stereocenters. The number of carbonyl (C=O) groups excluding carboxylic acids is 1. The highest BCUT2D eigenvalue weighted by Gasteiger charge is 2.27. The van der Waals surface area contributed by atoms with E-state index in [9.17, 15) is 13.2 Å². The van der Waals surface area contributed by atoms with Crippen LogP contribution in [0.4, 0.5) is 11.4 Å². The van der Waals surface area contributed by atoms with Crippen molar-refractivity contribution in [3.05, 3.63) is 102 Å². The Bertz CT molecular complexity index is 1730. The predicted octanol–water partition coefficient (Wildman–Crippen LogP) is 6.42. The summed E-state index contributed by atoms with van der Waals surface area (Å²) in [4.78, 5) is 17.9. The summed E-state index contributed by atoms with van der Waals surface area (Å²) < 4.78 is 34.6. The van der Waals surface area contributed by atoms with Crippen LogP contribution in [0.1, 0.15) is 11.1 Å². The summed E-state index contributed by atoms with van der Waals surface area (Å²) in [5, 5.41) is 3.72. The first kappa shape index (κ1) is 26.4. The molecule has 0 spiro atoms. The molecule has 198 valence electrons. The molecular formula is C30H27N3O4S2. The molecule has 0 radical (unpaired) electrons. The second-order valence-corrected chi connectivity index (χ2v) is 12.0. The van der Waals surface area contributed by atoms with Gasteiger partial charge in [0.25, 0.3) is 10.0 Å². The van der Waals surface area contributed by atoms with Crippen LogP contribution in [-0.2, 0) is 14.8 Å². The number of benzene rings is 4. The summed E-state index contributed by atoms with van der Waals surface area (Å²) >= 11 is 1.61. The maximum atomic E-state index is 13.6. The summed E-state index contributed by atoms with van der Waals surface area (Å²) in [5.74, 6) is 0.115. The summed E-state index contributed by atoms with van der Waals surface area (Å²) in [6, 6.07) is 26.6. The van der Waals surface area contributed by atoms with Crippen molar-refractivity contribution in [3.63, 3.8) is 0 Å². The minimum Gasteiger partial charge on any atom is -0.497 e. The molecule has 0 aliphatic carbocycles. The standard InChI is InChI=1S/C30H27N3O4S2/c1-20-4-15-26(16-5-20)39(35,36)33(24-11-13-25(37-3)14-12-24)19-29(34)31-23-9-7-22(8-10-23)30-32-27-17-6-21(2)18-28(27)38-30/h4-18H,19H2,1-3H3,(H,31,34). The van der Waals surface area contributed by atoms with Gasteiger partial charge in [-0.1, -0.05) is 23.8 Å². The smallest absolute Gasteiger partial charge is 0.264 e. The van der Waals surface area contributed by atoms with E-state index >= 15 is 0 Å². The zero-order valence-corrected chi connectivity index (χ0v) is 23.3. The quantitative estimate of drug-likeness (QED) is 0.238. The first-order valence-corrected chi connectivity index (χ1v) is 14.5. The number of carbonyl (C=O) groups is 1. The van der Waals surface area contributed by atoms with Crippen molar-refractivity contribution in [1.82, 2.24) is 4.98 Å². The maximum Gasteiger partial charge on any atom is 0.264 e. The van der Waals surface area contributed by atoms with Crippen LogP contribution >= 0.6 is 11.3 Å². The number of anilines is 2. The van der Waals surface area contributed by atoms with Crippen molar-refractivity contribution in [2.75, 3.05) is 23.3 Å². The van der Waals surface area contributed by atoms with Gasteiger partial charge in [0.15, 0.2) is 0 Å². The molecule has 1 amide bonds. The van der Waals surface area contributed by atoms with Crippen LogP contribution < -0.4 is 14.4 Å². The molecule has 0 aliphatic heterocycles. The highest BCUT2D eigenvalue weighted by Crippen LogP contribution is 2.31. The number of aryl methyl sites for hydroxylation is 2. The molecule has 1 N–H and O–H groups in total. The SMILES string of the molecule is COc1ccc(N(CC(=O)Nc2ccc(-c3nc4ccc(C)cc4s3)cc2)S(=O)(=O)c2ccc(C)cc2)cc1. The molecule has 5 aromatic rings. The number of hydrogen-bond donors (Lipinski definition) is 1. The van der Waals surface area contributed by atoms with Crippen LogP contribution in [0.15, 0.2) is 95.9 Å². The zero-order valence-electron chi connectivity index (χ0n) is 21.7. The van der Waals surface area contributed by atoms with Gasteiger partial charge >= 0.3 is 0 Å². The Morgan fingerprint density at radius 1 is 0.897 bits per heavy atom. The Kier molecular flexibility index (Phi) is 7.36. The lowest BCUT2D eigenvalue weighted by Crippen LogP contribution is -2.38. The fraction of sp³-hybridized carbons (Fsp3) is 0.133.